The van der Waals surface area contributed by atoms with E-state index >= 15 is 0 Å². The monoisotopic (exact) mass is 199 g/mol. The standard InChI is InChI=1S/C8H13N3OS/c1-5-4-13-6(2)8(5)10-3-7(12)11-9/h4,10H,3,9H2,1-2H3,(H,11,12). The number of rotatable bonds is 3. The lowest BCUT2D eigenvalue weighted by molar-refractivity contribution is -0.119. The van der Waals surface area contributed by atoms with Gasteiger partial charge in [-0.2, -0.15) is 0 Å². The normalized spacial score (nSPS) is 9.77. The first kappa shape index (κ1) is 10.0. The van der Waals surface area contributed by atoms with Crippen molar-refractivity contribution >= 4 is 22.9 Å². The maximum Gasteiger partial charge on any atom is 0.253 e. The van der Waals surface area contributed by atoms with Gasteiger partial charge in [-0.05, 0) is 24.8 Å². The predicted octanol–water partition coefficient (Wildman–Crippen LogP) is 0.767. The highest BCUT2D eigenvalue weighted by atomic mass is 32.1. The predicted molar refractivity (Wildman–Crippen MR) is 54.6 cm³/mol. The number of carbonyl (C=O) groups is 1. The van der Waals surface area contributed by atoms with Crippen molar-refractivity contribution in [3.63, 3.8) is 0 Å². The fourth-order valence-corrected chi connectivity index (χ4v) is 1.88. The van der Waals surface area contributed by atoms with E-state index in [0.29, 0.717) is 0 Å². The van der Waals surface area contributed by atoms with Crippen LogP contribution in [0.4, 0.5) is 5.69 Å². The molecule has 1 rings (SSSR count). The van der Waals surface area contributed by atoms with Crippen molar-refractivity contribution in [1.82, 2.24) is 5.43 Å². The Morgan fingerprint density at radius 3 is 2.77 bits per heavy atom. The third-order valence-corrected chi connectivity index (χ3v) is 2.77. The quantitative estimate of drug-likeness (QED) is 0.382. The molecule has 0 saturated heterocycles. The van der Waals surface area contributed by atoms with Gasteiger partial charge in [0, 0.05) is 4.88 Å². The number of nitrogens with one attached hydrogen (secondary N) is 2. The Morgan fingerprint density at radius 2 is 2.31 bits per heavy atom. The summed E-state index contributed by atoms with van der Waals surface area (Å²) in [6.07, 6.45) is 0. The lowest BCUT2D eigenvalue weighted by Gasteiger charge is -2.05. The molecule has 0 atom stereocenters. The van der Waals surface area contributed by atoms with Gasteiger partial charge in [-0.25, -0.2) is 5.84 Å². The van der Waals surface area contributed by atoms with Crippen LogP contribution in [-0.4, -0.2) is 12.5 Å². The first-order valence-corrected chi connectivity index (χ1v) is 4.81. The molecule has 0 bridgehead atoms. The van der Waals surface area contributed by atoms with Crippen LogP contribution in [0.5, 0.6) is 0 Å². The number of hydrogen-bond donors (Lipinski definition) is 3. The minimum absolute atomic E-state index is 0.217. The molecule has 4 nitrogen and oxygen atoms in total. The SMILES string of the molecule is Cc1csc(C)c1NCC(=O)NN. The molecule has 0 fully saturated rings. The summed E-state index contributed by atoms with van der Waals surface area (Å²) >= 11 is 1.66. The number of aryl methyl sites for hydroxylation is 2. The number of hydrazine groups is 1. The first-order chi connectivity index (χ1) is 6.15. The van der Waals surface area contributed by atoms with Crippen LogP contribution in [0.25, 0.3) is 0 Å². The van der Waals surface area contributed by atoms with Gasteiger partial charge in [0.25, 0.3) is 5.91 Å². The number of amides is 1. The average molecular weight is 199 g/mol. The second-order valence-corrected chi connectivity index (χ2v) is 3.85. The van der Waals surface area contributed by atoms with Crippen molar-refractivity contribution in [1.29, 1.82) is 0 Å². The van der Waals surface area contributed by atoms with Crippen LogP contribution < -0.4 is 16.6 Å². The summed E-state index contributed by atoms with van der Waals surface area (Å²) in [5.74, 6) is 4.73. The van der Waals surface area contributed by atoms with E-state index in [9.17, 15) is 4.79 Å². The smallest absolute Gasteiger partial charge is 0.253 e. The maximum atomic E-state index is 10.8. The molecule has 1 amide bonds. The molecule has 0 aliphatic rings. The Balaban J connectivity index is 2.58. The van der Waals surface area contributed by atoms with E-state index in [4.69, 9.17) is 5.84 Å². The van der Waals surface area contributed by atoms with Gasteiger partial charge >= 0.3 is 0 Å². The summed E-state index contributed by atoms with van der Waals surface area (Å²) < 4.78 is 0. The van der Waals surface area contributed by atoms with Crippen molar-refractivity contribution in [3.8, 4) is 0 Å². The van der Waals surface area contributed by atoms with E-state index in [2.05, 4.69) is 16.1 Å². The van der Waals surface area contributed by atoms with Gasteiger partial charge in [-0.1, -0.05) is 0 Å². The largest absolute Gasteiger partial charge is 0.375 e. The molecular formula is C8H13N3OS. The highest BCUT2D eigenvalue weighted by Gasteiger charge is 2.05. The van der Waals surface area contributed by atoms with Crippen LogP contribution in [0.2, 0.25) is 0 Å². The second-order valence-electron chi connectivity index (χ2n) is 2.77. The highest BCUT2D eigenvalue weighted by Crippen LogP contribution is 2.25. The minimum atomic E-state index is -0.218. The molecule has 0 aromatic carbocycles. The summed E-state index contributed by atoms with van der Waals surface area (Å²) in [4.78, 5) is 12.0. The van der Waals surface area contributed by atoms with Gasteiger partial charge in [-0.3, -0.25) is 10.2 Å². The Kier molecular flexibility index (Phi) is 3.27. The zero-order chi connectivity index (χ0) is 9.84. The fourth-order valence-electron chi connectivity index (χ4n) is 1.06. The first-order valence-electron chi connectivity index (χ1n) is 3.93. The number of anilines is 1. The van der Waals surface area contributed by atoms with Crippen molar-refractivity contribution in [2.24, 2.45) is 5.84 Å². The third-order valence-electron chi connectivity index (χ3n) is 1.75. The molecule has 13 heavy (non-hydrogen) atoms. The maximum absolute atomic E-state index is 10.8. The van der Waals surface area contributed by atoms with Crippen LogP contribution in [-0.2, 0) is 4.79 Å². The van der Waals surface area contributed by atoms with Crippen molar-refractivity contribution in [3.05, 3.63) is 15.8 Å². The van der Waals surface area contributed by atoms with Crippen LogP contribution in [0.3, 0.4) is 0 Å². The number of thiophene rings is 1. The molecule has 1 heterocycles. The van der Waals surface area contributed by atoms with Crippen molar-refractivity contribution in [2.75, 3.05) is 11.9 Å². The lowest BCUT2D eigenvalue weighted by Crippen LogP contribution is -2.35. The Labute approximate surface area is 81.1 Å². The molecule has 0 unspecified atom stereocenters. The van der Waals surface area contributed by atoms with E-state index in [-0.39, 0.29) is 12.5 Å². The van der Waals surface area contributed by atoms with Gasteiger partial charge in [0.15, 0.2) is 0 Å². The molecule has 72 valence electrons. The summed E-state index contributed by atoms with van der Waals surface area (Å²) in [6, 6.07) is 0. The summed E-state index contributed by atoms with van der Waals surface area (Å²) in [7, 11) is 0. The Bertz CT molecular complexity index is 289. The van der Waals surface area contributed by atoms with Crippen molar-refractivity contribution in [2.45, 2.75) is 13.8 Å². The summed E-state index contributed by atoms with van der Waals surface area (Å²) in [5.41, 5.74) is 4.26. The van der Waals surface area contributed by atoms with Crippen LogP contribution in [0.15, 0.2) is 5.38 Å². The molecule has 0 saturated carbocycles. The molecule has 4 N–H and O–H groups in total. The van der Waals surface area contributed by atoms with Crippen LogP contribution in [0.1, 0.15) is 10.4 Å². The molecule has 0 radical (unpaired) electrons. The van der Waals surface area contributed by atoms with Crippen molar-refractivity contribution < 1.29 is 4.79 Å². The van der Waals surface area contributed by atoms with Gasteiger partial charge in [0.1, 0.15) is 0 Å². The van der Waals surface area contributed by atoms with Crippen LogP contribution in [0, 0.1) is 13.8 Å². The number of hydrogen-bond acceptors (Lipinski definition) is 4. The zero-order valence-corrected chi connectivity index (χ0v) is 8.49. The van der Waals surface area contributed by atoms with E-state index in [1.807, 2.05) is 13.8 Å². The molecule has 0 aliphatic heterocycles. The van der Waals surface area contributed by atoms with E-state index in [1.54, 1.807) is 11.3 Å². The van der Waals surface area contributed by atoms with Crippen LogP contribution >= 0.6 is 11.3 Å². The third kappa shape index (κ3) is 2.43. The van der Waals surface area contributed by atoms with Gasteiger partial charge < -0.3 is 5.32 Å². The van der Waals surface area contributed by atoms with Gasteiger partial charge in [0.05, 0.1) is 12.2 Å². The van der Waals surface area contributed by atoms with Gasteiger partial charge in [0.2, 0.25) is 0 Å². The van der Waals surface area contributed by atoms with E-state index < -0.39 is 0 Å². The average Bonchev–Trinajstić information content (AvgIpc) is 2.43. The highest BCUT2D eigenvalue weighted by molar-refractivity contribution is 7.10. The Hall–Kier alpha value is -1.07. The molecule has 0 aliphatic carbocycles. The fraction of sp³-hybridized carbons (Fsp3) is 0.375. The lowest BCUT2D eigenvalue weighted by atomic mass is 10.3. The molecule has 1 aromatic heterocycles. The minimum Gasteiger partial charge on any atom is -0.375 e. The number of nitrogens with two attached hydrogens (primary N) is 1. The topological polar surface area (TPSA) is 67.2 Å². The molecule has 0 spiro atoms. The Morgan fingerprint density at radius 1 is 1.62 bits per heavy atom. The zero-order valence-electron chi connectivity index (χ0n) is 7.68. The summed E-state index contributed by atoms with van der Waals surface area (Å²) in [6.45, 7) is 4.24. The van der Waals surface area contributed by atoms with E-state index in [1.165, 1.54) is 4.88 Å². The summed E-state index contributed by atoms with van der Waals surface area (Å²) in [5, 5.41) is 5.08. The van der Waals surface area contributed by atoms with Gasteiger partial charge in [-0.15, -0.1) is 11.3 Å². The van der Waals surface area contributed by atoms with E-state index in [0.717, 1.165) is 11.3 Å². The second kappa shape index (κ2) is 4.25. The molecule has 5 heteroatoms. The number of carbonyl (C=O) groups excluding carboxylic acids is 1. The molecule has 1 aromatic rings. The molecular weight excluding hydrogens is 186 g/mol.